The van der Waals surface area contributed by atoms with Gasteiger partial charge in [-0.05, 0) is 43.7 Å². The normalized spacial score (nSPS) is 18.2. The molecule has 0 saturated carbocycles. The number of piperidine rings is 1. The molecule has 1 unspecified atom stereocenters. The highest BCUT2D eigenvalue weighted by Crippen LogP contribution is 2.38. The number of fused-ring (bicyclic) bond motifs is 1. The van der Waals surface area contributed by atoms with Crippen molar-refractivity contribution in [3.05, 3.63) is 60.0 Å². The van der Waals surface area contributed by atoms with Gasteiger partial charge in [-0.25, -0.2) is 15.0 Å². The van der Waals surface area contributed by atoms with Crippen LogP contribution in [0.25, 0.3) is 0 Å². The quantitative estimate of drug-likeness (QED) is 0.629. The molecule has 166 valence electrons. The van der Waals surface area contributed by atoms with Crippen LogP contribution in [0.1, 0.15) is 30.0 Å². The van der Waals surface area contributed by atoms with E-state index in [1.54, 1.807) is 25.6 Å². The first kappa shape index (κ1) is 20.5. The van der Waals surface area contributed by atoms with Crippen LogP contribution in [0.4, 0.5) is 11.8 Å². The third-order valence-electron chi connectivity index (χ3n) is 5.84. The van der Waals surface area contributed by atoms with Gasteiger partial charge in [0.25, 0.3) is 0 Å². The van der Waals surface area contributed by atoms with E-state index in [9.17, 15) is 0 Å². The summed E-state index contributed by atoms with van der Waals surface area (Å²) in [5.74, 6) is 4.06. The summed E-state index contributed by atoms with van der Waals surface area (Å²) in [6.07, 6.45) is 5.67. The molecule has 1 aromatic carbocycles. The summed E-state index contributed by atoms with van der Waals surface area (Å²) in [6, 6.07) is 11.9. The van der Waals surface area contributed by atoms with Crippen molar-refractivity contribution in [1.29, 1.82) is 0 Å². The van der Waals surface area contributed by atoms with Gasteiger partial charge >= 0.3 is 0 Å². The topological polar surface area (TPSA) is 81.6 Å². The Morgan fingerprint density at radius 1 is 1.09 bits per heavy atom. The molecule has 0 bridgehead atoms. The van der Waals surface area contributed by atoms with Gasteiger partial charge in [-0.3, -0.25) is 4.90 Å². The first-order valence-corrected chi connectivity index (χ1v) is 11.0. The van der Waals surface area contributed by atoms with Crippen LogP contribution in [0.3, 0.4) is 0 Å². The lowest BCUT2D eigenvalue weighted by atomic mass is 9.94. The van der Waals surface area contributed by atoms with E-state index in [4.69, 9.17) is 19.2 Å². The van der Waals surface area contributed by atoms with Crippen molar-refractivity contribution in [3.63, 3.8) is 0 Å². The van der Waals surface area contributed by atoms with Gasteiger partial charge in [-0.15, -0.1) is 0 Å². The maximum atomic E-state index is 5.78. The van der Waals surface area contributed by atoms with Gasteiger partial charge in [0, 0.05) is 48.7 Å². The standard InChI is InChI=1S/C24H27N5O3/c1-30-20-14-22-21(31-11-12-32-22)13-18(20)16-29-10-3-5-17(15-29)19-6-2-7-23(27-19)28-24-25-8-4-9-26-24/h2,4,6-9,13-14,17H,3,5,10-12,15-16H2,1H3,(H,25,26,27,28). The van der Waals surface area contributed by atoms with E-state index in [1.165, 1.54) is 0 Å². The van der Waals surface area contributed by atoms with Gasteiger partial charge in [-0.2, -0.15) is 0 Å². The number of nitrogens with one attached hydrogen (secondary N) is 1. The highest BCUT2D eigenvalue weighted by atomic mass is 16.6. The Morgan fingerprint density at radius 3 is 2.72 bits per heavy atom. The lowest BCUT2D eigenvalue weighted by Gasteiger charge is -2.33. The molecule has 2 aromatic heterocycles. The van der Waals surface area contributed by atoms with Crippen LogP contribution in [-0.4, -0.2) is 53.3 Å². The van der Waals surface area contributed by atoms with Crippen molar-refractivity contribution >= 4 is 11.8 Å². The highest BCUT2D eigenvalue weighted by Gasteiger charge is 2.25. The molecular weight excluding hydrogens is 406 g/mol. The number of hydrogen-bond donors (Lipinski definition) is 1. The van der Waals surface area contributed by atoms with Crippen molar-refractivity contribution < 1.29 is 14.2 Å². The highest BCUT2D eigenvalue weighted by molar-refractivity contribution is 5.51. The molecule has 0 radical (unpaired) electrons. The lowest BCUT2D eigenvalue weighted by molar-refractivity contribution is 0.168. The fourth-order valence-electron chi connectivity index (χ4n) is 4.33. The number of rotatable bonds is 6. The summed E-state index contributed by atoms with van der Waals surface area (Å²) in [7, 11) is 1.70. The molecule has 1 atom stereocenters. The van der Waals surface area contributed by atoms with E-state index in [0.29, 0.717) is 25.1 Å². The largest absolute Gasteiger partial charge is 0.496 e. The molecule has 0 spiro atoms. The third-order valence-corrected chi connectivity index (χ3v) is 5.84. The minimum Gasteiger partial charge on any atom is -0.496 e. The molecule has 0 aliphatic carbocycles. The van der Waals surface area contributed by atoms with Crippen molar-refractivity contribution in [2.24, 2.45) is 0 Å². The molecule has 0 amide bonds. The second kappa shape index (κ2) is 9.40. The van der Waals surface area contributed by atoms with E-state index < -0.39 is 0 Å². The number of benzene rings is 1. The number of hydrogen-bond acceptors (Lipinski definition) is 8. The Bertz CT molecular complexity index is 1060. The number of methoxy groups -OCH3 is 1. The SMILES string of the molecule is COc1cc2c(cc1CN1CCCC(c3cccc(Nc4ncccn4)n3)C1)OCCO2. The van der Waals surface area contributed by atoms with Crippen LogP contribution in [-0.2, 0) is 6.54 Å². The van der Waals surface area contributed by atoms with E-state index in [2.05, 4.69) is 32.3 Å². The van der Waals surface area contributed by atoms with Gasteiger partial charge in [0.05, 0.1) is 7.11 Å². The van der Waals surface area contributed by atoms with Crippen molar-refractivity contribution in [3.8, 4) is 17.2 Å². The molecule has 1 fully saturated rings. The predicted molar refractivity (Wildman–Crippen MR) is 121 cm³/mol. The summed E-state index contributed by atoms with van der Waals surface area (Å²) < 4.78 is 17.1. The third kappa shape index (κ3) is 4.60. The molecule has 1 saturated heterocycles. The Balaban J connectivity index is 1.30. The molecule has 8 heteroatoms. The number of likely N-dealkylation sites (tertiary alicyclic amines) is 1. The van der Waals surface area contributed by atoms with Crippen LogP contribution >= 0.6 is 0 Å². The van der Waals surface area contributed by atoms with Crippen molar-refractivity contribution in [1.82, 2.24) is 19.9 Å². The molecule has 3 aromatic rings. The molecule has 8 nitrogen and oxygen atoms in total. The van der Waals surface area contributed by atoms with Gasteiger partial charge in [0.2, 0.25) is 5.95 Å². The minimum atomic E-state index is 0.366. The van der Waals surface area contributed by atoms with Gasteiger partial charge in [0.15, 0.2) is 11.5 Å². The summed E-state index contributed by atoms with van der Waals surface area (Å²) >= 11 is 0. The van der Waals surface area contributed by atoms with Gasteiger partial charge < -0.3 is 19.5 Å². The molecular formula is C24H27N5O3. The average Bonchev–Trinajstić information content (AvgIpc) is 2.84. The van der Waals surface area contributed by atoms with Crippen molar-refractivity contribution in [2.75, 3.05) is 38.7 Å². The van der Waals surface area contributed by atoms with E-state index in [-0.39, 0.29) is 0 Å². The second-order valence-electron chi connectivity index (χ2n) is 8.03. The van der Waals surface area contributed by atoms with Crippen LogP contribution in [0, 0.1) is 0 Å². The van der Waals surface area contributed by atoms with E-state index >= 15 is 0 Å². The summed E-state index contributed by atoms with van der Waals surface area (Å²) in [5, 5.41) is 3.19. The maximum Gasteiger partial charge on any atom is 0.228 e. The number of anilines is 2. The fraction of sp³-hybridized carbons (Fsp3) is 0.375. The Morgan fingerprint density at radius 2 is 1.91 bits per heavy atom. The van der Waals surface area contributed by atoms with Crippen LogP contribution < -0.4 is 19.5 Å². The van der Waals surface area contributed by atoms with E-state index in [1.807, 2.05) is 18.2 Å². The molecule has 32 heavy (non-hydrogen) atoms. The van der Waals surface area contributed by atoms with Gasteiger partial charge in [-0.1, -0.05) is 6.07 Å². The number of ether oxygens (including phenoxy) is 3. The van der Waals surface area contributed by atoms with Gasteiger partial charge in [0.1, 0.15) is 24.8 Å². The van der Waals surface area contributed by atoms with Crippen LogP contribution in [0.2, 0.25) is 0 Å². The first-order chi connectivity index (χ1) is 15.8. The zero-order valence-electron chi connectivity index (χ0n) is 18.2. The fourth-order valence-corrected chi connectivity index (χ4v) is 4.33. The zero-order chi connectivity index (χ0) is 21.8. The molecule has 2 aliphatic heterocycles. The molecule has 5 rings (SSSR count). The zero-order valence-corrected chi connectivity index (χ0v) is 18.2. The van der Waals surface area contributed by atoms with Crippen LogP contribution in [0.15, 0.2) is 48.8 Å². The smallest absolute Gasteiger partial charge is 0.228 e. The van der Waals surface area contributed by atoms with Crippen molar-refractivity contribution in [2.45, 2.75) is 25.3 Å². The Hall–Kier alpha value is -3.39. The summed E-state index contributed by atoms with van der Waals surface area (Å²) in [4.78, 5) is 15.7. The Kier molecular flexibility index (Phi) is 6.02. The summed E-state index contributed by atoms with van der Waals surface area (Å²) in [6.45, 7) is 3.93. The molecule has 4 heterocycles. The van der Waals surface area contributed by atoms with E-state index in [0.717, 1.165) is 66.8 Å². The first-order valence-electron chi connectivity index (χ1n) is 11.0. The molecule has 1 N–H and O–H groups in total. The predicted octanol–water partition coefficient (Wildman–Crippen LogP) is 3.77. The average molecular weight is 434 g/mol. The number of aromatic nitrogens is 3. The number of nitrogens with zero attached hydrogens (tertiary/aromatic N) is 4. The molecule has 2 aliphatic rings. The monoisotopic (exact) mass is 433 g/mol. The maximum absolute atomic E-state index is 5.78. The van der Waals surface area contributed by atoms with Crippen LogP contribution in [0.5, 0.6) is 17.2 Å². The lowest BCUT2D eigenvalue weighted by Crippen LogP contribution is -2.34. The number of pyridine rings is 1. The minimum absolute atomic E-state index is 0.366. The second-order valence-corrected chi connectivity index (χ2v) is 8.03. The summed E-state index contributed by atoms with van der Waals surface area (Å²) in [5.41, 5.74) is 2.20. The Labute approximate surface area is 187 Å².